The van der Waals surface area contributed by atoms with Gasteiger partial charge in [0.1, 0.15) is 11.5 Å². The van der Waals surface area contributed by atoms with Crippen LogP contribution >= 0.6 is 0 Å². The van der Waals surface area contributed by atoms with E-state index in [2.05, 4.69) is 41.5 Å². The first-order valence-electron chi connectivity index (χ1n) is 8.52. The maximum Gasteiger partial charge on any atom is 0.122 e. The number of aryl methyl sites for hydroxylation is 2. The Hall–Kier alpha value is -1.18. The molecule has 2 heteroatoms. The van der Waals surface area contributed by atoms with Gasteiger partial charge in [-0.1, -0.05) is 41.5 Å². The van der Waals surface area contributed by atoms with Gasteiger partial charge in [0.25, 0.3) is 0 Å². The standard InChI is InChI=1S/C20H34O2/c1-19(2,3)11-7-9-15-13-17(21)14-16(18(15)22)10-8-12-20(4,5)6/h13-14,21-22H,7-12H2,1-6H3. The highest BCUT2D eigenvalue weighted by Gasteiger charge is 2.15. The molecule has 0 radical (unpaired) electrons. The van der Waals surface area contributed by atoms with Crippen LogP contribution < -0.4 is 0 Å². The van der Waals surface area contributed by atoms with Crippen molar-refractivity contribution in [2.75, 3.05) is 0 Å². The van der Waals surface area contributed by atoms with Crippen molar-refractivity contribution in [3.05, 3.63) is 23.3 Å². The predicted octanol–water partition coefficient (Wildman–Crippen LogP) is 5.84. The molecular formula is C20H34O2. The first kappa shape index (κ1) is 18.9. The van der Waals surface area contributed by atoms with Gasteiger partial charge in [-0.15, -0.1) is 0 Å². The molecule has 1 aromatic carbocycles. The van der Waals surface area contributed by atoms with Crippen LogP contribution in [0.15, 0.2) is 12.1 Å². The van der Waals surface area contributed by atoms with Gasteiger partial charge in [0.05, 0.1) is 0 Å². The molecule has 0 amide bonds. The first-order valence-corrected chi connectivity index (χ1v) is 8.52. The average molecular weight is 306 g/mol. The van der Waals surface area contributed by atoms with Gasteiger partial charge in [0.2, 0.25) is 0 Å². The third-order valence-electron chi connectivity index (χ3n) is 4.00. The molecule has 0 spiro atoms. The summed E-state index contributed by atoms with van der Waals surface area (Å²) in [6.07, 6.45) is 5.93. The smallest absolute Gasteiger partial charge is 0.122 e. The number of aromatic hydroxyl groups is 2. The number of phenols is 2. The molecule has 0 bridgehead atoms. The highest BCUT2D eigenvalue weighted by molar-refractivity contribution is 5.46. The zero-order valence-corrected chi connectivity index (χ0v) is 15.3. The quantitative estimate of drug-likeness (QED) is 0.649. The van der Waals surface area contributed by atoms with E-state index in [-0.39, 0.29) is 5.75 Å². The van der Waals surface area contributed by atoms with E-state index in [1.807, 2.05) is 0 Å². The minimum Gasteiger partial charge on any atom is -0.508 e. The lowest BCUT2D eigenvalue weighted by Crippen LogP contribution is -2.06. The molecule has 0 aromatic heterocycles. The van der Waals surface area contributed by atoms with Crippen LogP contribution in [0.5, 0.6) is 11.5 Å². The predicted molar refractivity (Wildman–Crippen MR) is 94.6 cm³/mol. The Bertz CT molecular complexity index is 434. The second-order valence-electron chi connectivity index (χ2n) is 8.94. The summed E-state index contributed by atoms with van der Waals surface area (Å²) in [5.41, 5.74) is 2.38. The molecule has 0 aliphatic heterocycles. The second kappa shape index (κ2) is 7.39. The number of benzene rings is 1. The molecule has 126 valence electrons. The fourth-order valence-electron chi connectivity index (χ4n) is 2.74. The Morgan fingerprint density at radius 1 is 0.727 bits per heavy atom. The average Bonchev–Trinajstić information content (AvgIpc) is 2.31. The Balaban J connectivity index is 2.71. The fraction of sp³-hybridized carbons (Fsp3) is 0.700. The number of phenolic OH excluding ortho intramolecular Hbond substituents is 2. The van der Waals surface area contributed by atoms with E-state index in [4.69, 9.17) is 0 Å². The molecular weight excluding hydrogens is 272 g/mol. The molecule has 0 aliphatic rings. The van der Waals surface area contributed by atoms with Gasteiger partial charge in [0, 0.05) is 0 Å². The molecule has 0 aliphatic carbocycles. The van der Waals surface area contributed by atoms with Crippen LogP contribution in [0.25, 0.3) is 0 Å². The molecule has 0 saturated carbocycles. The van der Waals surface area contributed by atoms with Crippen molar-refractivity contribution in [3.63, 3.8) is 0 Å². The van der Waals surface area contributed by atoms with Crippen molar-refractivity contribution >= 4 is 0 Å². The lowest BCUT2D eigenvalue weighted by atomic mass is 9.87. The summed E-state index contributed by atoms with van der Waals surface area (Å²) in [5, 5.41) is 20.4. The van der Waals surface area contributed by atoms with Gasteiger partial charge in [0.15, 0.2) is 0 Å². The van der Waals surface area contributed by atoms with Crippen LogP contribution in [0.1, 0.15) is 78.4 Å². The van der Waals surface area contributed by atoms with E-state index >= 15 is 0 Å². The van der Waals surface area contributed by atoms with Crippen molar-refractivity contribution in [3.8, 4) is 11.5 Å². The molecule has 1 rings (SSSR count). The van der Waals surface area contributed by atoms with E-state index in [9.17, 15) is 10.2 Å². The summed E-state index contributed by atoms with van der Waals surface area (Å²) in [6, 6.07) is 3.43. The minimum absolute atomic E-state index is 0.273. The van der Waals surface area contributed by atoms with Crippen molar-refractivity contribution in [2.45, 2.75) is 80.1 Å². The molecule has 0 heterocycles. The maximum atomic E-state index is 10.5. The third kappa shape index (κ3) is 7.20. The topological polar surface area (TPSA) is 40.5 Å². The Morgan fingerprint density at radius 3 is 1.41 bits per heavy atom. The van der Waals surface area contributed by atoms with Gasteiger partial charge in [-0.3, -0.25) is 0 Å². The van der Waals surface area contributed by atoms with Crippen LogP contribution in [0.2, 0.25) is 0 Å². The van der Waals surface area contributed by atoms with E-state index in [0.717, 1.165) is 49.7 Å². The summed E-state index contributed by atoms with van der Waals surface area (Å²) in [7, 11) is 0. The molecule has 1 aromatic rings. The summed E-state index contributed by atoms with van der Waals surface area (Å²) in [5.74, 6) is 0.662. The van der Waals surface area contributed by atoms with E-state index in [0.29, 0.717) is 16.6 Å². The van der Waals surface area contributed by atoms with Gasteiger partial charge in [-0.25, -0.2) is 0 Å². The lowest BCUT2D eigenvalue weighted by molar-refractivity contribution is 0.361. The minimum atomic E-state index is 0.273. The monoisotopic (exact) mass is 306 g/mol. The van der Waals surface area contributed by atoms with Crippen LogP contribution in [0.4, 0.5) is 0 Å². The second-order valence-corrected chi connectivity index (χ2v) is 8.94. The summed E-state index contributed by atoms with van der Waals surface area (Å²) >= 11 is 0. The van der Waals surface area contributed by atoms with Gasteiger partial charge < -0.3 is 10.2 Å². The normalized spacial score (nSPS) is 12.6. The number of hydrogen-bond donors (Lipinski definition) is 2. The highest BCUT2D eigenvalue weighted by atomic mass is 16.3. The van der Waals surface area contributed by atoms with Crippen molar-refractivity contribution in [1.82, 2.24) is 0 Å². The largest absolute Gasteiger partial charge is 0.508 e. The van der Waals surface area contributed by atoms with E-state index < -0.39 is 0 Å². The fourth-order valence-corrected chi connectivity index (χ4v) is 2.74. The van der Waals surface area contributed by atoms with Crippen LogP contribution in [-0.2, 0) is 12.8 Å². The molecule has 0 unspecified atom stereocenters. The number of hydrogen-bond acceptors (Lipinski definition) is 2. The van der Waals surface area contributed by atoms with Crippen LogP contribution in [0.3, 0.4) is 0 Å². The molecule has 0 fully saturated rings. The molecule has 0 atom stereocenters. The van der Waals surface area contributed by atoms with Gasteiger partial charge >= 0.3 is 0 Å². The number of rotatable bonds is 6. The molecule has 2 nitrogen and oxygen atoms in total. The van der Waals surface area contributed by atoms with Crippen LogP contribution in [-0.4, -0.2) is 10.2 Å². The zero-order valence-electron chi connectivity index (χ0n) is 15.3. The molecule has 0 saturated heterocycles. The van der Waals surface area contributed by atoms with Crippen molar-refractivity contribution < 1.29 is 10.2 Å². The highest BCUT2D eigenvalue weighted by Crippen LogP contribution is 2.32. The summed E-state index contributed by atoms with van der Waals surface area (Å²) < 4.78 is 0. The zero-order chi connectivity index (χ0) is 17.0. The SMILES string of the molecule is CC(C)(C)CCCc1cc(O)cc(CCCC(C)(C)C)c1O. The molecule has 22 heavy (non-hydrogen) atoms. The maximum absolute atomic E-state index is 10.5. The lowest BCUT2D eigenvalue weighted by Gasteiger charge is -2.19. The Labute approximate surface area is 136 Å². The Morgan fingerprint density at radius 2 is 1.09 bits per heavy atom. The molecule has 2 N–H and O–H groups in total. The van der Waals surface area contributed by atoms with E-state index in [1.165, 1.54) is 0 Å². The van der Waals surface area contributed by atoms with Crippen molar-refractivity contribution in [1.29, 1.82) is 0 Å². The third-order valence-corrected chi connectivity index (χ3v) is 4.00. The van der Waals surface area contributed by atoms with Gasteiger partial charge in [-0.05, 0) is 72.6 Å². The summed E-state index contributed by atoms with van der Waals surface area (Å²) in [6.45, 7) is 13.4. The summed E-state index contributed by atoms with van der Waals surface area (Å²) in [4.78, 5) is 0. The van der Waals surface area contributed by atoms with E-state index in [1.54, 1.807) is 12.1 Å². The Kier molecular flexibility index (Phi) is 6.34. The van der Waals surface area contributed by atoms with Crippen molar-refractivity contribution in [2.24, 2.45) is 10.8 Å². The van der Waals surface area contributed by atoms with Gasteiger partial charge in [-0.2, -0.15) is 0 Å². The first-order chi connectivity index (χ1) is 9.98. The van der Waals surface area contributed by atoms with Crippen LogP contribution in [0, 0.1) is 10.8 Å².